The van der Waals surface area contributed by atoms with Gasteiger partial charge in [-0.05, 0) is 111 Å². The molecule has 33 atom stereocenters. The van der Waals surface area contributed by atoms with Crippen molar-refractivity contribution in [3.05, 3.63) is 11.6 Å². The number of hydrogen-bond acceptors (Lipinski definition) is 27. The van der Waals surface area contributed by atoms with Crippen molar-refractivity contribution in [3.63, 3.8) is 0 Å². The van der Waals surface area contributed by atoms with Gasteiger partial charge in [0.2, 0.25) is 6.29 Å². The van der Waals surface area contributed by atoms with Gasteiger partial charge in [0.1, 0.15) is 110 Å². The predicted molar refractivity (Wildman–Crippen MR) is 289 cm³/mol. The first-order valence-electron chi connectivity index (χ1n) is 30.8. The molecule has 0 bridgehead atoms. The SMILES string of the molecule is C[C@@H]1O[C@@H](O[C@@H]2CO[C@@H](O[C@H]3CC[C@@]4(C)[C@@H](CC[C@]5(C)[C@@H]4CC=C4[C@@H]6CC(C)(C)CC[C@]6(C(=O)O[C@@H]6O[C@H](CO)[C@@H](O[C@@H]7O[C@H](CO)[C@@H](O)[C@H](O)[C@H]7O)[C@H](O)[C@H]6O)CC[C@]45C)[C@]3(C)CO)[C@H](O)[C@H]2O)[C@H](O)[C@H](O[C@@H]2O[C@H](CO)[C@@H](O)[C@H](O)[C@H]2O)[C@H]1O. The Balaban J connectivity index is 0.808. The van der Waals surface area contributed by atoms with Gasteiger partial charge in [0.25, 0.3) is 0 Å². The Kier molecular flexibility index (Phi) is 19.4. The average Bonchev–Trinajstić information content (AvgIpc) is 0.692. The molecule has 5 aliphatic carbocycles. The summed E-state index contributed by atoms with van der Waals surface area (Å²) < 4.78 is 58.9. The molecule has 27 nitrogen and oxygen atoms in total. The van der Waals surface area contributed by atoms with Crippen molar-refractivity contribution < 1.29 is 134 Å². The number of carbonyl (C=O) groups is 1. The second-order valence-electron chi connectivity index (χ2n) is 28.5. The summed E-state index contributed by atoms with van der Waals surface area (Å²) >= 11 is 0. The molecule has 27 heteroatoms. The topological polar surface area (TPSA) is 433 Å². The fraction of sp³-hybridized carbons (Fsp3) is 0.949. The van der Waals surface area contributed by atoms with Gasteiger partial charge >= 0.3 is 5.97 Å². The first-order chi connectivity index (χ1) is 40.4. The van der Waals surface area contributed by atoms with Crippen LogP contribution in [0.4, 0.5) is 0 Å². The van der Waals surface area contributed by atoms with E-state index in [1.165, 1.54) is 12.5 Å². The van der Waals surface area contributed by atoms with E-state index in [9.17, 15) is 81.7 Å². The summed E-state index contributed by atoms with van der Waals surface area (Å²) in [5.41, 5.74) is -1.90. The number of hydrogen-bond donors (Lipinski definition) is 16. The third kappa shape index (κ3) is 11.1. The Labute approximate surface area is 499 Å². The van der Waals surface area contributed by atoms with E-state index in [0.717, 1.165) is 6.42 Å². The van der Waals surface area contributed by atoms with E-state index in [0.29, 0.717) is 57.8 Å². The maximum absolute atomic E-state index is 15.1. The molecule has 16 N–H and O–H groups in total. The highest BCUT2D eigenvalue weighted by atomic mass is 16.8. The molecule has 0 aromatic rings. The quantitative estimate of drug-likeness (QED) is 0.0454. The molecule has 86 heavy (non-hydrogen) atoms. The number of ether oxygens (including phenoxy) is 10. The maximum atomic E-state index is 15.1. The number of allylic oxidation sites excluding steroid dienone is 2. The van der Waals surface area contributed by atoms with Gasteiger partial charge in [0.05, 0.1) is 50.7 Å². The van der Waals surface area contributed by atoms with Crippen LogP contribution in [0.25, 0.3) is 0 Å². The van der Waals surface area contributed by atoms with Crippen LogP contribution in [0.1, 0.15) is 113 Å². The highest BCUT2D eigenvalue weighted by molar-refractivity contribution is 5.79. The van der Waals surface area contributed by atoms with Gasteiger partial charge < -0.3 is 129 Å². The Bertz CT molecular complexity index is 2380. The molecule has 494 valence electrons. The lowest BCUT2D eigenvalue weighted by Gasteiger charge is -2.71. The molecule has 4 saturated carbocycles. The van der Waals surface area contributed by atoms with Crippen LogP contribution in [-0.4, -0.2) is 274 Å². The van der Waals surface area contributed by atoms with Crippen molar-refractivity contribution in [1.29, 1.82) is 0 Å². The first-order valence-corrected chi connectivity index (χ1v) is 30.8. The fourth-order valence-electron chi connectivity index (χ4n) is 17.7. The Morgan fingerprint density at radius 3 is 1.70 bits per heavy atom. The lowest BCUT2D eigenvalue weighted by Crippen LogP contribution is -2.67. The number of fused-ring (bicyclic) bond motifs is 7. The van der Waals surface area contributed by atoms with Crippen LogP contribution in [0.2, 0.25) is 0 Å². The zero-order valence-electron chi connectivity index (χ0n) is 50.0. The summed E-state index contributed by atoms with van der Waals surface area (Å²) in [5, 5.41) is 172. The number of esters is 1. The third-order valence-electron chi connectivity index (χ3n) is 23.3. The van der Waals surface area contributed by atoms with Crippen molar-refractivity contribution in [1.82, 2.24) is 0 Å². The summed E-state index contributed by atoms with van der Waals surface area (Å²) in [4.78, 5) is 15.1. The lowest BCUT2D eigenvalue weighted by molar-refractivity contribution is -0.373. The van der Waals surface area contributed by atoms with E-state index in [1.807, 2.05) is 6.92 Å². The van der Waals surface area contributed by atoms with E-state index in [4.69, 9.17) is 47.4 Å². The molecular formula is C59H96O27. The van der Waals surface area contributed by atoms with Crippen molar-refractivity contribution in [2.75, 3.05) is 33.0 Å². The number of aliphatic hydroxyl groups excluding tert-OH is 16. The molecule has 10 aliphatic rings. The number of carbonyl (C=O) groups excluding carboxylic acids is 1. The van der Waals surface area contributed by atoms with Gasteiger partial charge in [-0.1, -0.05) is 53.2 Å². The zero-order chi connectivity index (χ0) is 62.7. The minimum atomic E-state index is -1.90. The predicted octanol–water partition coefficient (Wildman–Crippen LogP) is -3.57. The third-order valence-corrected chi connectivity index (χ3v) is 23.3. The maximum Gasteiger partial charge on any atom is 0.315 e. The highest BCUT2D eigenvalue weighted by Crippen LogP contribution is 2.76. The van der Waals surface area contributed by atoms with Gasteiger partial charge in [0, 0.05) is 5.41 Å². The summed E-state index contributed by atoms with van der Waals surface area (Å²) in [6.45, 7) is 11.9. The van der Waals surface area contributed by atoms with Crippen molar-refractivity contribution in [2.45, 2.75) is 266 Å². The van der Waals surface area contributed by atoms with E-state index >= 15 is 4.79 Å². The van der Waals surface area contributed by atoms with E-state index in [2.05, 4.69) is 40.7 Å². The fourth-order valence-corrected chi connectivity index (χ4v) is 17.7. The molecular weight excluding hydrogens is 1140 g/mol. The monoisotopic (exact) mass is 1240 g/mol. The van der Waals surface area contributed by atoms with Gasteiger partial charge in [-0.2, -0.15) is 0 Å². The summed E-state index contributed by atoms with van der Waals surface area (Å²) in [6, 6.07) is 0. The molecule has 0 amide bonds. The molecule has 5 heterocycles. The first kappa shape index (κ1) is 67.1. The largest absolute Gasteiger partial charge is 0.432 e. The van der Waals surface area contributed by atoms with Crippen LogP contribution < -0.4 is 0 Å². The minimum Gasteiger partial charge on any atom is -0.432 e. The van der Waals surface area contributed by atoms with Crippen LogP contribution in [0.15, 0.2) is 11.6 Å². The molecule has 10 rings (SSSR count). The highest BCUT2D eigenvalue weighted by Gasteiger charge is 2.71. The molecule has 5 aliphatic heterocycles. The zero-order valence-corrected chi connectivity index (χ0v) is 50.0. The molecule has 0 aromatic carbocycles. The lowest BCUT2D eigenvalue weighted by atomic mass is 9.33. The smallest absolute Gasteiger partial charge is 0.315 e. The van der Waals surface area contributed by atoms with Gasteiger partial charge in [-0.25, -0.2) is 0 Å². The minimum absolute atomic E-state index is 0.0777. The van der Waals surface area contributed by atoms with E-state index < -0.39 is 196 Å². The van der Waals surface area contributed by atoms with Crippen molar-refractivity contribution in [3.8, 4) is 0 Å². The molecule has 0 unspecified atom stereocenters. The Hall–Kier alpha value is -1.79. The van der Waals surface area contributed by atoms with Crippen LogP contribution in [0.5, 0.6) is 0 Å². The van der Waals surface area contributed by atoms with Gasteiger partial charge in [-0.15, -0.1) is 0 Å². The normalized spacial score (nSPS) is 54.8. The van der Waals surface area contributed by atoms with Crippen LogP contribution in [0.3, 0.4) is 0 Å². The Morgan fingerprint density at radius 1 is 0.535 bits per heavy atom. The second-order valence-corrected chi connectivity index (χ2v) is 28.5. The van der Waals surface area contributed by atoms with Crippen molar-refractivity contribution >= 4 is 5.97 Å². The van der Waals surface area contributed by atoms with Gasteiger partial charge in [0.15, 0.2) is 25.2 Å². The number of aliphatic hydroxyl groups is 16. The van der Waals surface area contributed by atoms with Crippen LogP contribution in [0, 0.1) is 50.2 Å². The summed E-state index contributed by atoms with van der Waals surface area (Å²) in [5.74, 6) is -0.838. The molecule has 0 aromatic heterocycles. The Morgan fingerprint density at radius 2 is 1.09 bits per heavy atom. The van der Waals surface area contributed by atoms with E-state index in [-0.39, 0.29) is 47.2 Å². The molecule has 0 radical (unpaired) electrons. The summed E-state index contributed by atoms with van der Waals surface area (Å²) in [6.07, 6.45) is -30.9. The standard InChI is InChI=1S/C59H96O27/c1-24-34(64)47(85-50-43(73)39(69)36(66)28(20-61)80-50)45(75)52(78-24)82-30-22-77-48(41(71)37(30)67)83-33-11-12-55(4)31(56(33,5)23-63)10-13-58(7)32(55)9-8-25-26-18-54(2,3)14-16-59(26,17-15-57(25,58)6)53(76)86-51-44(74)40(70)46(29(21-62)81-51)84-49-42(72)38(68)35(65)27(19-60)79-49/h8,24,26-52,60-75H,9-23H2,1-7H3/t24-,26-,27+,28+,29+,30+,31+,32+,33-,34-,35+,36+,37-,38-,39-,40+,41+,42+,43+,44+,45+,46+,47+,48-,49-,50-,51-,52-,55-,56-,57+,58+,59-/m0/s1. The van der Waals surface area contributed by atoms with E-state index in [1.54, 1.807) is 0 Å². The van der Waals surface area contributed by atoms with Crippen LogP contribution in [-0.2, 0) is 52.2 Å². The van der Waals surface area contributed by atoms with Gasteiger partial charge in [-0.3, -0.25) is 4.79 Å². The summed E-state index contributed by atoms with van der Waals surface area (Å²) in [7, 11) is 0. The van der Waals surface area contributed by atoms with Crippen LogP contribution >= 0.6 is 0 Å². The average molecular weight is 1240 g/mol. The molecule has 0 spiro atoms. The molecule has 5 saturated heterocycles. The second kappa shape index (κ2) is 24.9. The number of rotatable bonds is 14. The molecule has 9 fully saturated rings. The van der Waals surface area contributed by atoms with Crippen molar-refractivity contribution in [2.24, 2.45) is 50.2 Å².